The Morgan fingerprint density at radius 1 is 1.14 bits per heavy atom. The van der Waals surface area contributed by atoms with Gasteiger partial charge in [0, 0.05) is 31.5 Å². The van der Waals surface area contributed by atoms with E-state index in [2.05, 4.69) is 0 Å². The van der Waals surface area contributed by atoms with E-state index in [1.807, 2.05) is 0 Å². The van der Waals surface area contributed by atoms with Crippen molar-refractivity contribution in [3.05, 3.63) is 34.9 Å². The lowest BCUT2D eigenvalue weighted by Crippen LogP contribution is -2.41. The van der Waals surface area contributed by atoms with Gasteiger partial charge in [-0.1, -0.05) is 0 Å². The van der Waals surface area contributed by atoms with Crippen LogP contribution in [-0.2, 0) is 19.1 Å². The molecule has 2 rings (SSSR count). The molecule has 1 aliphatic heterocycles. The summed E-state index contributed by atoms with van der Waals surface area (Å²) in [6.45, 7) is 4.66. The second kappa shape index (κ2) is 5.75. The molecule has 5 nitrogen and oxygen atoms in total. The van der Waals surface area contributed by atoms with Crippen LogP contribution in [0.5, 0.6) is 5.75 Å². The maximum absolute atomic E-state index is 13.9. The van der Waals surface area contributed by atoms with Crippen LogP contribution >= 0.6 is 0 Å². The molecule has 0 aliphatic carbocycles. The highest BCUT2D eigenvalue weighted by molar-refractivity contribution is 6.18. The third kappa shape index (κ3) is 3.24. The van der Waals surface area contributed by atoms with Crippen molar-refractivity contribution in [1.82, 2.24) is 0 Å². The van der Waals surface area contributed by atoms with Crippen molar-refractivity contribution in [3.63, 3.8) is 0 Å². The first kappa shape index (κ1) is 15.9. The minimum atomic E-state index is -1.42. The minimum Gasteiger partial charge on any atom is -0.494 e. The van der Waals surface area contributed by atoms with Crippen LogP contribution in [0.1, 0.15) is 26.3 Å². The van der Waals surface area contributed by atoms with Crippen molar-refractivity contribution in [3.8, 4) is 5.75 Å². The molecule has 0 saturated carbocycles. The van der Waals surface area contributed by atoms with E-state index in [9.17, 15) is 18.4 Å². The molecule has 1 saturated heterocycles. The lowest BCUT2D eigenvalue weighted by molar-refractivity contribution is -0.222. The Labute approximate surface area is 125 Å². The molecule has 7 heteroatoms. The molecule has 118 valence electrons. The first-order chi connectivity index (χ1) is 10.2. The van der Waals surface area contributed by atoms with Crippen molar-refractivity contribution in [2.45, 2.75) is 26.6 Å². The summed E-state index contributed by atoms with van der Waals surface area (Å²) < 4.78 is 42.6. The molecule has 1 heterocycles. The fraction of sp³-hybridized carbons (Fsp3) is 0.333. The first-order valence-electron chi connectivity index (χ1n) is 6.53. The summed E-state index contributed by atoms with van der Waals surface area (Å²) >= 11 is 0. The number of cyclic esters (lactones) is 2. The zero-order valence-electron chi connectivity index (χ0n) is 12.2. The number of halogens is 2. The van der Waals surface area contributed by atoms with E-state index < -0.39 is 40.5 Å². The zero-order chi connectivity index (χ0) is 16.5. The fourth-order valence-electron chi connectivity index (χ4n) is 1.87. The van der Waals surface area contributed by atoms with Gasteiger partial charge in [0.05, 0.1) is 6.61 Å². The van der Waals surface area contributed by atoms with Crippen LogP contribution in [-0.4, -0.2) is 24.3 Å². The minimum absolute atomic E-state index is 0.00887. The summed E-state index contributed by atoms with van der Waals surface area (Å²) in [5.74, 6) is -5.36. The normalized spacial score (nSPS) is 16.9. The largest absolute Gasteiger partial charge is 0.494 e. The van der Waals surface area contributed by atoms with E-state index in [0.717, 1.165) is 18.2 Å². The van der Waals surface area contributed by atoms with Crippen molar-refractivity contribution in [1.29, 1.82) is 0 Å². The summed E-state index contributed by atoms with van der Waals surface area (Å²) in [4.78, 5) is 23.5. The highest BCUT2D eigenvalue weighted by atomic mass is 19.1. The second-order valence-corrected chi connectivity index (χ2v) is 4.97. The van der Waals surface area contributed by atoms with Gasteiger partial charge in [-0.05, 0) is 13.0 Å². The van der Waals surface area contributed by atoms with Gasteiger partial charge in [-0.15, -0.1) is 0 Å². The number of hydrogen-bond donors (Lipinski definition) is 0. The van der Waals surface area contributed by atoms with Crippen molar-refractivity contribution >= 4 is 18.0 Å². The van der Waals surface area contributed by atoms with Crippen LogP contribution in [0.25, 0.3) is 6.08 Å². The molecule has 0 bridgehead atoms. The average Bonchev–Trinajstić information content (AvgIpc) is 2.35. The summed E-state index contributed by atoms with van der Waals surface area (Å²) in [7, 11) is 0. The average molecular weight is 312 g/mol. The van der Waals surface area contributed by atoms with Gasteiger partial charge in [-0.3, -0.25) is 0 Å². The van der Waals surface area contributed by atoms with Crippen LogP contribution < -0.4 is 4.74 Å². The van der Waals surface area contributed by atoms with Gasteiger partial charge in [0.15, 0.2) is 0 Å². The Kier molecular flexibility index (Phi) is 4.16. The van der Waals surface area contributed by atoms with Crippen molar-refractivity contribution in [2.75, 3.05) is 6.61 Å². The van der Waals surface area contributed by atoms with Gasteiger partial charge in [-0.25, -0.2) is 18.4 Å². The summed E-state index contributed by atoms with van der Waals surface area (Å²) in [6.07, 6.45) is 0.764. The number of carbonyl (C=O) groups is 2. The number of ether oxygens (including phenoxy) is 3. The maximum atomic E-state index is 13.9. The van der Waals surface area contributed by atoms with Crippen LogP contribution in [0.4, 0.5) is 8.78 Å². The topological polar surface area (TPSA) is 61.8 Å². The lowest BCUT2D eigenvalue weighted by Gasteiger charge is -2.29. The lowest BCUT2D eigenvalue weighted by atomic mass is 10.1. The van der Waals surface area contributed by atoms with Gasteiger partial charge < -0.3 is 14.2 Å². The van der Waals surface area contributed by atoms with E-state index in [1.54, 1.807) is 6.92 Å². The Morgan fingerprint density at radius 2 is 1.64 bits per heavy atom. The fourth-order valence-corrected chi connectivity index (χ4v) is 1.87. The highest BCUT2D eigenvalue weighted by Crippen LogP contribution is 2.27. The number of hydrogen-bond acceptors (Lipinski definition) is 5. The van der Waals surface area contributed by atoms with Gasteiger partial charge in [0.1, 0.15) is 23.0 Å². The molecule has 1 aromatic carbocycles. The molecular weight excluding hydrogens is 298 g/mol. The van der Waals surface area contributed by atoms with Crippen LogP contribution in [0, 0.1) is 11.6 Å². The smallest absolute Gasteiger partial charge is 0.348 e. The molecule has 1 aliphatic rings. The predicted octanol–water partition coefficient (Wildman–Crippen LogP) is 2.58. The van der Waals surface area contributed by atoms with E-state index in [1.165, 1.54) is 13.8 Å². The first-order valence-corrected chi connectivity index (χ1v) is 6.53. The standard InChI is InChI=1S/C15H14F2O5/c1-4-20-8-5-11(16)9(12(17)6-8)7-10-13(18)21-15(2,3)22-14(10)19/h5-7H,4H2,1-3H3. The van der Waals surface area contributed by atoms with Crippen molar-refractivity contribution < 1.29 is 32.6 Å². The molecule has 0 aromatic heterocycles. The number of rotatable bonds is 3. The highest BCUT2D eigenvalue weighted by Gasteiger charge is 2.39. The van der Waals surface area contributed by atoms with Crippen LogP contribution in [0.2, 0.25) is 0 Å². The number of esters is 2. The summed E-state index contributed by atoms with van der Waals surface area (Å²) in [6, 6.07) is 1.92. The van der Waals surface area contributed by atoms with E-state index in [-0.39, 0.29) is 12.4 Å². The van der Waals surface area contributed by atoms with Gasteiger partial charge in [0.2, 0.25) is 0 Å². The SMILES string of the molecule is CCOc1cc(F)c(C=C2C(=O)OC(C)(C)OC2=O)c(F)c1. The Balaban J connectivity index is 2.41. The molecule has 0 radical (unpaired) electrons. The van der Waals surface area contributed by atoms with Gasteiger partial charge >= 0.3 is 11.9 Å². The predicted molar refractivity (Wildman–Crippen MR) is 71.8 cm³/mol. The van der Waals surface area contributed by atoms with Crippen LogP contribution in [0.15, 0.2) is 17.7 Å². The molecule has 0 spiro atoms. The third-order valence-corrected chi connectivity index (χ3v) is 2.77. The molecule has 0 atom stereocenters. The quantitative estimate of drug-likeness (QED) is 0.488. The molecular formula is C15H14F2O5. The Bertz CT molecular complexity index is 619. The van der Waals surface area contributed by atoms with E-state index in [0.29, 0.717) is 0 Å². The molecule has 1 fully saturated rings. The molecule has 22 heavy (non-hydrogen) atoms. The van der Waals surface area contributed by atoms with Crippen LogP contribution in [0.3, 0.4) is 0 Å². The summed E-state index contributed by atoms with van der Waals surface area (Å²) in [5.41, 5.74) is -1.13. The number of benzene rings is 1. The third-order valence-electron chi connectivity index (χ3n) is 2.77. The zero-order valence-corrected chi connectivity index (χ0v) is 12.2. The van der Waals surface area contributed by atoms with Crippen molar-refractivity contribution in [2.24, 2.45) is 0 Å². The molecule has 0 N–H and O–H groups in total. The van der Waals surface area contributed by atoms with Gasteiger partial charge in [-0.2, -0.15) is 0 Å². The van der Waals surface area contributed by atoms with Gasteiger partial charge in [0.25, 0.3) is 5.79 Å². The Hall–Kier alpha value is -2.44. The summed E-state index contributed by atoms with van der Waals surface area (Å²) in [5, 5.41) is 0. The second-order valence-electron chi connectivity index (χ2n) is 4.97. The molecule has 0 amide bonds. The Morgan fingerprint density at radius 3 is 2.09 bits per heavy atom. The number of carbonyl (C=O) groups excluding carboxylic acids is 2. The van der Waals surface area contributed by atoms with E-state index >= 15 is 0 Å². The molecule has 1 aromatic rings. The van der Waals surface area contributed by atoms with E-state index in [4.69, 9.17) is 14.2 Å². The molecule has 0 unspecified atom stereocenters. The monoisotopic (exact) mass is 312 g/mol. The maximum Gasteiger partial charge on any atom is 0.348 e.